The van der Waals surface area contributed by atoms with Crippen LogP contribution in [0.3, 0.4) is 0 Å². The highest BCUT2D eigenvalue weighted by Crippen LogP contribution is 2.28. The Morgan fingerprint density at radius 1 is 1.10 bits per heavy atom. The van der Waals surface area contributed by atoms with E-state index in [9.17, 15) is 14.4 Å². The molecule has 31 heavy (non-hydrogen) atoms. The number of carbonyl (C=O) groups excluding carboxylic acids is 3. The number of rotatable bonds is 9. The maximum absolute atomic E-state index is 13.1. The normalized spacial score (nSPS) is 13.4. The number of nitrogens with one attached hydrogen (secondary N) is 1. The van der Waals surface area contributed by atoms with Crippen LogP contribution in [0.25, 0.3) is 0 Å². The van der Waals surface area contributed by atoms with Crippen LogP contribution in [0, 0.1) is 5.41 Å². The van der Waals surface area contributed by atoms with Crippen molar-refractivity contribution in [1.29, 1.82) is 0 Å². The second kappa shape index (κ2) is 11.1. The molecule has 6 heteroatoms. The molecule has 0 aliphatic rings. The van der Waals surface area contributed by atoms with Crippen LogP contribution in [0.2, 0.25) is 0 Å². The molecule has 0 saturated carbocycles. The Balaban J connectivity index is 2.88. The molecule has 0 unspecified atom stereocenters. The van der Waals surface area contributed by atoms with Crippen molar-refractivity contribution in [2.75, 3.05) is 20.2 Å². The van der Waals surface area contributed by atoms with Crippen molar-refractivity contribution in [2.45, 2.75) is 66.3 Å². The molecule has 1 aromatic carbocycles. The summed E-state index contributed by atoms with van der Waals surface area (Å²) in [5, 5.41) is 2.95. The average molecular weight is 431 g/mol. The number of likely N-dealkylation sites (N-methyl/N-ethyl adjacent to an activating group) is 1. The number of hydrogen-bond acceptors (Lipinski definition) is 4. The highest BCUT2D eigenvalue weighted by atomic mass is 16.5. The molecule has 0 saturated heterocycles. The first-order valence-corrected chi connectivity index (χ1v) is 10.7. The predicted molar refractivity (Wildman–Crippen MR) is 123 cm³/mol. The highest BCUT2D eigenvalue weighted by molar-refractivity contribution is 5.89. The van der Waals surface area contributed by atoms with Gasteiger partial charge in [-0.15, -0.1) is 0 Å². The summed E-state index contributed by atoms with van der Waals surface area (Å²) >= 11 is 0. The van der Waals surface area contributed by atoms with Crippen LogP contribution in [0.15, 0.2) is 42.0 Å². The molecule has 1 aromatic rings. The van der Waals surface area contributed by atoms with Crippen molar-refractivity contribution in [1.82, 2.24) is 10.2 Å². The molecule has 0 fully saturated rings. The van der Waals surface area contributed by atoms with Gasteiger partial charge in [0.05, 0.1) is 6.61 Å². The Bertz CT molecular complexity index is 791. The van der Waals surface area contributed by atoms with E-state index in [1.807, 2.05) is 65.0 Å². The van der Waals surface area contributed by atoms with Crippen LogP contribution in [0.5, 0.6) is 0 Å². The van der Waals surface area contributed by atoms with Crippen LogP contribution in [-0.4, -0.2) is 48.9 Å². The summed E-state index contributed by atoms with van der Waals surface area (Å²) in [4.78, 5) is 39.3. The van der Waals surface area contributed by atoms with E-state index in [4.69, 9.17) is 4.74 Å². The topological polar surface area (TPSA) is 75.7 Å². The van der Waals surface area contributed by atoms with Crippen LogP contribution < -0.4 is 5.32 Å². The minimum Gasteiger partial charge on any atom is -0.463 e. The smallest absolute Gasteiger partial charge is 0.333 e. The van der Waals surface area contributed by atoms with Crippen molar-refractivity contribution in [3.63, 3.8) is 0 Å². The monoisotopic (exact) mass is 430 g/mol. The quantitative estimate of drug-likeness (QED) is 0.477. The fraction of sp³-hybridized carbons (Fsp3) is 0.560. The van der Waals surface area contributed by atoms with Gasteiger partial charge in [0.2, 0.25) is 11.8 Å². The van der Waals surface area contributed by atoms with Crippen molar-refractivity contribution in [2.24, 2.45) is 5.41 Å². The Morgan fingerprint density at radius 2 is 1.68 bits per heavy atom. The molecular formula is C25H38N2O4. The summed E-state index contributed by atoms with van der Waals surface area (Å²) in [5.41, 5.74) is 0.683. The number of carbonyl (C=O) groups is 3. The Labute approximate surface area is 187 Å². The molecule has 6 nitrogen and oxygen atoms in total. The van der Waals surface area contributed by atoms with Gasteiger partial charge in [-0.3, -0.25) is 9.59 Å². The lowest BCUT2D eigenvalue weighted by Crippen LogP contribution is -2.54. The minimum absolute atomic E-state index is 0.172. The second-order valence-electron chi connectivity index (χ2n) is 9.62. The van der Waals surface area contributed by atoms with Gasteiger partial charge in [0.1, 0.15) is 6.04 Å². The van der Waals surface area contributed by atoms with Gasteiger partial charge in [-0.1, -0.05) is 71.0 Å². The van der Waals surface area contributed by atoms with E-state index in [1.54, 1.807) is 27.0 Å². The molecule has 1 atom stereocenters. The minimum atomic E-state index is -0.687. The van der Waals surface area contributed by atoms with Crippen molar-refractivity contribution < 1.29 is 19.1 Å². The average Bonchev–Trinajstić information content (AvgIpc) is 2.69. The Kier molecular flexibility index (Phi) is 9.47. The largest absolute Gasteiger partial charge is 0.463 e. The van der Waals surface area contributed by atoms with Crippen molar-refractivity contribution in [3.05, 3.63) is 47.5 Å². The fourth-order valence-electron chi connectivity index (χ4n) is 3.17. The molecule has 0 heterocycles. The molecule has 0 aliphatic heterocycles. The van der Waals surface area contributed by atoms with Gasteiger partial charge >= 0.3 is 5.97 Å². The first kappa shape index (κ1) is 26.4. The zero-order valence-corrected chi connectivity index (χ0v) is 20.2. The van der Waals surface area contributed by atoms with Crippen LogP contribution in [-0.2, 0) is 24.5 Å². The number of nitrogens with zero attached hydrogens (tertiary/aromatic N) is 1. The number of ether oxygens (including phenoxy) is 1. The maximum Gasteiger partial charge on any atom is 0.333 e. The molecule has 0 bridgehead atoms. The van der Waals surface area contributed by atoms with Gasteiger partial charge < -0.3 is 15.0 Å². The van der Waals surface area contributed by atoms with E-state index in [0.29, 0.717) is 12.2 Å². The molecular weight excluding hydrogens is 392 g/mol. The number of esters is 1. The van der Waals surface area contributed by atoms with Crippen LogP contribution in [0.1, 0.15) is 60.5 Å². The first-order chi connectivity index (χ1) is 14.3. The summed E-state index contributed by atoms with van der Waals surface area (Å²) in [7, 11) is 1.66. The van der Waals surface area contributed by atoms with E-state index in [2.05, 4.69) is 5.32 Å². The molecule has 0 spiro atoms. The Hall–Kier alpha value is -2.63. The van der Waals surface area contributed by atoms with Crippen molar-refractivity contribution >= 4 is 17.8 Å². The zero-order chi connectivity index (χ0) is 23.8. The summed E-state index contributed by atoms with van der Waals surface area (Å²) in [6, 6.07) is 9.18. The van der Waals surface area contributed by atoms with Crippen LogP contribution in [0.4, 0.5) is 0 Å². The number of amides is 2. The van der Waals surface area contributed by atoms with E-state index < -0.39 is 17.4 Å². The molecule has 0 radical (unpaired) electrons. The molecule has 2 amide bonds. The molecule has 0 aromatic heterocycles. The lowest BCUT2D eigenvalue weighted by atomic mass is 9.80. The van der Waals surface area contributed by atoms with Crippen molar-refractivity contribution in [3.8, 4) is 0 Å². The van der Waals surface area contributed by atoms with Gasteiger partial charge in [-0.05, 0) is 30.2 Å². The van der Waals surface area contributed by atoms with Crippen LogP contribution >= 0.6 is 0 Å². The molecule has 1 N–H and O–H groups in total. The third-order valence-corrected chi connectivity index (χ3v) is 5.22. The van der Waals surface area contributed by atoms with E-state index in [0.717, 1.165) is 5.56 Å². The van der Waals surface area contributed by atoms with Gasteiger partial charge in [0.25, 0.3) is 0 Å². The SMILES string of the molecule is CCOC(=O)/C(C)=C/CN(C)C(=O)[C@@H](NC(=O)CC(C)(C)c1ccccc1)C(C)(C)C. The lowest BCUT2D eigenvalue weighted by molar-refractivity contribution is -0.139. The van der Waals surface area contributed by atoms with Gasteiger partial charge in [-0.25, -0.2) is 4.79 Å². The summed E-state index contributed by atoms with van der Waals surface area (Å²) < 4.78 is 4.97. The van der Waals surface area contributed by atoms with E-state index in [-0.39, 0.29) is 30.2 Å². The summed E-state index contributed by atoms with van der Waals surface area (Å²) in [6.07, 6.45) is 1.93. The third-order valence-electron chi connectivity index (χ3n) is 5.22. The standard InChI is InChI=1S/C25H38N2O4/c1-9-31-23(30)18(2)15-16-27(8)22(29)21(24(3,4)5)26-20(28)17-25(6,7)19-13-11-10-12-14-19/h10-15,21H,9,16-17H2,1-8H3,(H,26,28)/b18-15+/t21-/m1/s1. The summed E-state index contributed by atoms with van der Waals surface area (Å²) in [6.45, 7) is 13.8. The van der Waals surface area contributed by atoms with Gasteiger partial charge in [-0.2, -0.15) is 0 Å². The molecule has 0 aliphatic carbocycles. The number of benzene rings is 1. The first-order valence-electron chi connectivity index (χ1n) is 10.7. The fourth-order valence-corrected chi connectivity index (χ4v) is 3.17. The molecule has 1 rings (SSSR count). The zero-order valence-electron chi connectivity index (χ0n) is 20.2. The predicted octanol–water partition coefficient (Wildman–Crippen LogP) is 3.85. The molecule has 172 valence electrons. The highest BCUT2D eigenvalue weighted by Gasteiger charge is 2.35. The van der Waals surface area contributed by atoms with E-state index in [1.165, 1.54) is 4.90 Å². The maximum atomic E-state index is 13.1. The van der Waals surface area contributed by atoms with Gasteiger partial charge in [0, 0.05) is 25.6 Å². The number of hydrogen-bond donors (Lipinski definition) is 1. The Morgan fingerprint density at radius 3 is 2.19 bits per heavy atom. The third kappa shape index (κ3) is 8.19. The second-order valence-corrected chi connectivity index (χ2v) is 9.62. The van der Waals surface area contributed by atoms with E-state index >= 15 is 0 Å². The van der Waals surface area contributed by atoms with Gasteiger partial charge in [0.15, 0.2) is 0 Å². The lowest BCUT2D eigenvalue weighted by Gasteiger charge is -2.34. The summed E-state index contributed by atoms with van der Waals surface area (Å²) in [5.74, 6) is -0.771.